The van der Waals surface area contributed by atoms with Crippen molar-refractivity contribution >= 4 is 23.1 Å². The topological polar surface area (TPSA) is 107 Å². The van der Waals surface area contributed by atoms with E-state index >= 15 is 0 Å². The van der Waals surface area contributed by atoms with Gasteiger partial charge in [0.15, 0.2) is 0 Å². The predicted molar refractivity (Wildman–Crippen MR) is 67.0 cm³/mol. The Morgan fingerprint density at radius 2 is 2.21 bits per heavy atom. The van der Waals surface area contributed by atoms with Gasteiger partial charge >= 0.3 is 12.1 Å². The second kappa shape index (κ2) is 4.97. The Bertz CT molecular complexity index is 648. The fourth-order valence-corrected chi connectivity index (χ4v) is 1.90. The first-order valence-corrected chi connectivity index (χ1v) is 5.61. The summed E-state index contributed by atoms with van der Waals surface area (Å²) < 4.78 is 6.45. The first-order valence-electron chi connectivity index (χ1n) is 5.61. The number of imidazole rings is 1. The number of nitrogens with zero attached hydrogens (tertiary/aromatic N) is 2. The van der Waals surface area contributed by atoms with Crippen LogP contribution in [0.25, 0.3) is 11.0 Å². The number of hydrogen-bond acceptors (Lipinski definition) is 4. The quantitative estimate of drug-likeness (QED) is 0.859. The average molecular weight is 263 g/mol. The van der Waals surface area contributed by atoms with E-state index in [4.69, 9.17) is 10.8 Å². The van der Waals surface area contributed by atoms with E-state index in [0.717, 1.165) is 0 Å². The molecule has 0 aliphatic heterocycles. The van der Waals surface area contributed by atoms with Crippen LogP contribution in [0.4, 0.5) is 4.79 Å². The lowest BCUT2D eigenvalue weighted by molar-refractivity contribution is 0.0697. The maximum Gasteiger partial charge on any atom is 0.404 e. The van der Waals surface area contributed by atoms with Gasteiger partial charge in [-0.3, -0.25) is 0 Å². The number of aromatic carboxylic acids is 1. The Balaban J connectivity index is 2.35. The van der Waals surface area contributed by atoms with Crippen LogP contribution < -0.4 is 5.73 Å². The van der Waals surface area contributed by atoms with Crippen molar-refractivity contribution in [1.82, 2.24) is 9.55 Å². The third-order valence-corrected chi connectivity index (χ3v) is 2.75. The van der Waals surface area contributed by atoms with E-state index in [1.165, 1.54) is 6.07 Å². The number of fused-ring (bicyclic) bond motifs is 1. The molecule has 0 aliphatic carbocycles. The van der Waals surface area contributed by atoms with Crippen molar-refractivity contribution in [3.63, 3.8) is 0 Å². The number of aryl methyl sites for hydroxylation is 1. The molecule has 0 aliphatic rings. The molecule has 0 unspecified atom stereocenters. The van der Waals surface area contributed by atoms with Crippen molar-refractivity contribution < 1.29 is 19.4 Å². The van der Waals surface area contributed by atoms with Crippen molar-refractivity contribution in [2.45, 2.75) is 13.5 Å². The molecule has 2 aromatic rings. The van der Waals surface area contributed by atoms with E-state index in [0.29, 0.717) is 23.4 Å². The number of carboxylic acid groups (broad SMARTS) is 1. The van der Waals surface area contributed by atoms with Crippen LogP contribution in [0.3, 0.4) is 0 Å². The Kier molecular flexibility index (Phi) is 3.37. The fourth-order valence-electron chi connectivity index (χ4n) is 1.90. The molecule has 0 fully saturated rings. The highest BCUT2D eigenvalue weighted by Gasteiger charge is 2.11. The van der Waals surface area contributed by atoms with Gasteiger partial charge in [-0.15, -0.1) is 0 Å². The zero-order valence-corrected chi connectivity index (χ0v) is 10.3. The number of primary amides is 1. The van der Waals surface area contributed by atoms with Crippen molar-refractivity contribution in [3.05, 3.63) is 29.6 Å². The number of nitrogens with two attached hydrogens (primary N) is 1. The normalized spacial score (nSPS) is 10.6. The van der Waals surface area contributed by atoms with Crippen LogP contribution in [-0.4, -0.2) is 33.3 Å². The minimum Gasteiger partial charge on any atom is -0.478 e. The molecule has 0 radical (unpaired) electrons. The van der Waals surface area contributed by atoms with Crippen LogP contribution >= 0.6 is 0 Å². The van der Waals surface area contributed by atoms with Gasteiger partial charge < -0.3 is 20.1 Å². The SMILES string of the molecule is Cc1nc2ccc(C(=O)O)cc2n1CCOC(N)=O. The smallest absolute Gasteiger partial charge is 0.404 e. The van der Waals surface area contributed by atoms with Crippen molar-refractivity contribution in [2.24, 2.45) is 5.73 Å². The molecule has 100 valence electrons. The zero-order chi connectivity index (χ0) is 14.0. The molecule has 19 heavy (non-hydrogen) atoms. The van der Waals surface area contributed by atoms with E-state index in [1.54, 1.807) is 23.6 Å². The summed E-state index contributed by atoms with van der Waals surface area (Å²) in [5, 5.41) is 8.98. The second-order valence-electron chi connectivity index (χ2n) is 3.99. The molecule has 0 atom stereocenters. The van der Waals surface area contributed by atoms with Gasteiger partial charge in [0.25, 0.3) is 0 Å². The molecule has 7 nitrogen and oxygen atoms in total. The number of carbonyl (C=O) groups is 2. The second-order valence-corrected chi connectivity index (χ2v) is 3.99. The minimum absolute atomic E-state index is 0.110. The van der Waals surface area contributed by atoms with Crippen molar-refractivity contribution in [3.8, 4) is 0 Å². The lowest BCUT2D eigenvalue weighted by Gasteiger charge is -2.07. The van der Waals surface area contributed by atoms with Gasteiger partial charge in [-0.2, -0.15) is 0 Å². The lowest BCUT2D eigenvalue weighted by atomic mass is 10.2. The van der Waals surface area contributed by atoms with Crippen LogP contribution in [-0.2, 0) is 11.3 Å². The van der Waals surface area contributed by atoms with E-state index in [-0.39, 0.29) is 12.2 Å². The molecule has 0 saturated heterocycles. The average Bonchev–Trinajstić information content (AvgIpc) is 2.64. The van der Waals surface area contributed by atoms with Gasteiger partial charge in [0.2, 0.25) is 0 Å². The summed E-state index contributed by atoms with van der Waals surface area (Å²) >= 11 is 0. The third-order valence-electron chi connectivity index (χ3n) is 2.75. The van der Waals surface area contributed by atoms with Crippen LogP contribution in [0.1, 0.15) is 16.2 Å². The van der Waals surface area contributed by atoms with Gasteiger partial charge in [-0.25, -0.2) is 14.6 Å². The summed E-state index contributed by atoms with van der Waals surface area (Å²) in [5.41, 5.74) is 6.45. The van der Waals surface area contributed by atoms with E-state index < -0.39 is 12.1 Å². The Morgan fingerprint density at radius 1 is 1.47 bits per heavy atom. The van der Waals surface area contributed by atoms with Crippen LogP contribution in [0.5, 0.6) is 0 Å². The van der Waals surface area contributed by atoms with E-state index in [2.05, 4.69) is 9.72 Å². The number of aromatic nitrogens is 2. The summed E-state index contributed by atoms with van der Waals surface area (Å²) in [6, 6.07) is 4.69. The number of ether oxygens (including phenoxy) is 1. The number of benzene rings is 1. The zero-order valence-electron chi connectivity index (χ0n) is 10.3. The molecular formula is C12H13N3O4. The highest BCUT2D eigenvalue weighted by atomic mass is 16.5. The maximum atomic E-state index is 11.0. The Morgan fingerprint density at radius 3 is 2.84 bits per heavy atom. The van der Waals surface area contributed by atoms with Crippen molar-refractivity contribution in [1.29, 1.82) is 0 Å². The Hall–Kier alpha value is -2.57. The maximum absolute atomic E-state index is 11.0. The van der Waals surface area contributed by atoms with Gasteiger partial charge in [0.1, 0.15) is 12.4 Å². The van der Waals surface area contributed by atoms with Gasteiger partial charge in [-0.1, -0.05) is 0 Å². The number of carbonyl (C=O) groups excluding carboxylic acids is 1. The molecule has 2 rings (SSSR count). The first kappa shape index (κ1) is 12.9. The van der Waals surface area contributed by atoms with Gasteiger partial charge in [0, 0.05) is 0 Å². The van der Waals surface area contributed by atoms with Crippen molar-refractivity contribution in [2.75, 3.05) is 6.61 Å². The summed E-state index contributed by atoms with van der Waals surface area (Å²) in [7, 11) is 0. The van der Waals surface area contributed by atoms with Gasteiger partial charge in [-0.05, 0) is 25.1 Å². The summed E-state index contributed by atoms with van der Waals surface area (Å²) in [6.45, 7) is 2.28. The number of amides is 1. The van der Waals surface area contributed by atoms with Crippen LogP contribution in [0, 0.1) is 6.92 Å². The molecule has 1 amide bonds. The molecule has 0 spiro atoms. The Labute approximate surface area is 108 Å². The van der Waals surface area contributed by atoms with Gasteiger partial charge in [0.05, 0.1) is 23.1 Å². The molecule has 1 aromatic carbocycles. The molecule has 0 bridgehead atoms. The number of rotatable bonds is 4. The molecule has 1 aromatic heterocycles. The molecule has 0 saturated carbocycles. The lowest BCUT2D eigenvalue weighted by Crippen LogP contribution is -2.17. The summed E-state index contributed by atoms with van der Waals surface area (Å²) in [5.74, 6) is -0.286. The third kappa shape index (κ3) is 2.65. The predicted octanol–water partition coefficient (Wildman–Crippen LogP) is 1.14. The standard InChI is InChI=1S/C12H13N3O4/c1-7-14-9-3-2-8(11(16)17)6-10(9)15(7)4-5-19-12(13)18/h2-3,6H,4-5H2,1H3,(H2,13,18)(H,16,17). The van der Waals surface area contributed by atoms with E-state index in [9.17, 15) is 9.59 Å². The minimum atomic E-state index is -0.999. The van der Waals surface area contributed by atoms with Crippen LogP contribution in [0.15, 0.2) is 18.2 Å². The number of hydrogen-bond donors (Lipinski definition) is 2. The summed E-state index contributed by atoms with van der Waals surface area (Å²) in [6.07, 6.45) is -0.840. The van der Waals surface area contributed by atoms with E-state index in [1.807, 2.05) is 0 Å². The molecule has 3 N–H and O–H groups in total. The largest absolute Gasteiger partial charge is 0.478 e. The number of carboxylic acids is 1. The summed E-state index contributed by atoms with van der Waals surface area (Å²) in [4.78, 5) is 25.8. The van der Waals surface area contributed by atoms with Crippen LogP contribution in [0.2, 0.25) is 0 Å². The molecular weight excluding hydrogens is 250 g/mol. The monoisotopic (exact) mass is 263 g/mol. The molecule has 1 heterocycles. The molecule has 7 heteroatoms. The fraction of sp³-hybridized carbons (Fsp3) is 0.250. The first-order chi connectivity index (χ1) is 8.99. The highest BCUT2D eigenvalue weighted by molar-refractivity contribution is 5.92. The highest BCUT2D eigenvalue weighted by Crippen LogP contribution is 2.18.